The van der Waals surface area contributed by atoms with E-state index in [1.807, 2.05) is 0 Å². The smallest absolute Gasteiger partial charge is 0.161 e. The molecule has 0 spiro atoms. The van der Waals surface area contributed by atoms with Crippen molar-refractivity contribution >= 4 is 66.8 Å². The highest BCUT2D eigenvalue weighted by Gasteiger charge is 2.27. The largest absolute Gasteiger partial charge is 0.453 e. The first kappa shape index (κ1) is 36.0. The Balaban J connectivity index is 1.19. The van der Waals surface area contributed by atoms with E-state index in [1.54, 1.807) is 0 Å². The average Bonchev–Trinajstić information content (AvgIpc) is 3.75. The van der Waals surface area contributed by atoms with Gasteiger partial charge in [0.25, 0.3) is 0 Å². The molecular formula is C58H40N2O. The topological polar surface area (TPSA) is 19.6 Å². The van der Waals surface area contributed by atoms with Crippen molar-refractivity contribution in [1.29, 1.82) is 0 Å². The van der Waals surface area contributed by atoms with Crippen LogP contribution in [0.1, 0.15) is 0 Å². The molecular weight excluding hydrogens is 741 g/mol. The Labute approximate surface area is 355 Å². The van der Waals surface area contributed by atoms with Gasteiger partial charge in [-0.3, -0.25) is 0 Å². The highest BCUT2D eigenvalue weighted by molar-refractivity contribution is 6.22. The summed E-state index contributed by atoms with van der Waals surface area (Å²) in [6, 6.07) is 86.3. The van der Waals surface area contributed by atoms with Crippen LogP contribution in [0, 0.1) is 0 Å². The number of benzene rings is 10. The summed E-state index contributed by atoms with van der Waals surface area (Å²) in [6.45, 7) is 0. The number of rotatable bonds is 9. The molecule has 1 heterocycles. The molecule has 0 saturated carbocycles. The van der Waals surface area contributed by atoms with Gasteiger partial charge in [0.15, 0.2) is 5.58 Å². The summed E-state index contributed by atoms with van der Waals surface area (Å²) in [4.78, 5) is 4.73. The summed E-state index contributed by atoms with van der Waals surface area (Å²) < 4.78 is 7.30. The van der Waals surface area contributed by atoms with Crippen LogP contribution in [0.25, 0.3) is 66.1 Å². The van der Waals surface area contributed by atoms with E-state index in [9.17, 15) is 0 Å². The van der Waals surface area contributed by atoms with E-state index < -0.39 is 0 Å². The number of fused-ring (bicyclic) bond motifs is 5. The lowest BCUT2D eigenvalue weighted by atomic mass is 9.99. The number of anilines is 6. The maximum absolute atomic E-state index is 7.30. The second-order valence-corrected chi connectivity index (χ2v) is 15.3. The standard InChI is InChI=1S/C58H40N2O/c1-5-17-41(18-6-1)43-29-34-48(35-30-43)59(47-24-11-4-12-25-47)55-40-39-54(56-52-38-33-46-23-13-14-27-51(46)57(52)61-58(55)56)60(49-36-31-44(32-37-49)42-19-7-2-8-20-42)53-28-16-15-26-50(53)45-21-9-3-10-22-45/h1-40H. The molecule has 11 aromatic rings. The van der Waals surface area contributed by atoms with Crippen LogP contribution in [-0.2, 0) is 0 Å². The predicted octanol–water partition coefficient (Wildman–Crippen LogP) is 16.7. The van der Waals surface area contributed by atoms with Gasteiger partial charge in [0.05, 0.1) is 22.4 Å². The van der Waals surface area contributed by atoms with Crippen molar-refractivity contribution in [1.82, 2.24) is 0 Å². The van der Waals surface area contributed by atoms with E-state index in [-0.39, 0.29) is 0 Å². The number of hydrogen-bond acceptors (Lipinski definition) is 3. The van der Waals surface area contributed by atoms with Gasteiger partial charge in [-0.25, -0.2) is 0 Å². The summed E-state index contributed by atoms with van der Waals surface area (Å²) in [5, 5.41) is 4.31. The zero-order valence-electron chi connectivity index (χ0n) is 33.4. The van der Waals surface area contributed by atoms with Crippen LogP contribution < -0.4 is 9.80 Å². The Morgan fingerprint density at radius 2 is 0.738 bits per heavy atom. The third-order valence-corrected chi connectivity index (χ3v) is 11.7. The Kier molecular flexibility index (Phi) is 9.18. The van der Waals surface area contributed by atoms with Gasteiger partial charge in [0, 0.05) is 33.4 Å². The molecule has 0 fully saturated rings. The molecule has 288 valence electrons. The molecule has 10 aromatic carbocycles. The van der Waals surface area contributed by atoms with Gasteiger partial charge >= 0.3 is 0 Å². The summed E-state index contributed by atoms with van der Waals surface area (Å²) >= 11 is 0. The summed E-state index contributed by atoms with van der Waals surface area (Å²) in [7, 11) is 0. The van der Waals surface area contributed by atoms with E-state index >= 15 is 0 Å². The van der Waals surface area contributed by atoms with E-state index in [0.29, 0.717) is 0 Å². The minimum absolute atomic E-state index is 0.808. The monoisotopic (exact) mass is 780 g/mol. The van der Waals surface area contributed by atoms with Gasteiger partial charge in [-0.2, -0.15) is 0 Å². The van der Waals surface area contributed by atoms with Crippen molar-refractivity contribution < 1.29 is 4.42 Å². The van der Waals surface area contributed by atoms with Gasteiger partial charge in [-0.15, -0.1) is 0 Å². The first-order valence-electron chi connectivity index (χ1n) is 20.8. The quantitative estimate of drug-likeness (QED) is 0.145. The maximum atomic E-state index is 7.30. The van der Waals surface area contributed by atoms with Crippen LogP contribution in [0.4, 0.5) is 34.1 Å². The van der Waals surface area contributed by atoms with Gasteiger partial charge in [0.2, 0.25) is 0 Å². The van der Waals surface area contributed by atoms with E-state index in [4.69, 9.17) is 4.42 Å². The number of hydrogen-bond donors (Lipinski definition) is 0. The third-order valence-electron chi connectivity index (χ3n) is 11.7. The van der Waals surface area contributed by atoms with Crippen molar-refractivity contribution in [3.05, 3.63) is 243 Å². The Bertz CT molecular complexity index is 3270. The predicted molar refractivity (Wildman–Crippen MR) is 257 cm³/mol. The second kappa shape index (κ2) is 15.6. The van der Waals surface area contributed by atoms with E-state index in [1.165, 1.54) is 16.7 Å². The SMILES string of the molecule is c1ccc(-c2ccc(N(c3ccccc3)c3ccc(N(c4ccc(-c5ccccc5)cc4)c4ccccc4-c4ccccc4)c4c3oc3c5ccccc5ccc34)cc2)cc1. The molecule has 0 aliphatic heterocycles. The van der Waals surface area contributed by atoms with E-state index in [2.05, 4.69) is 252 Å². The normalized spacial score (nSPS) is 11.3. The molecule has 3 nitrogen and oxygen atoms in total. The van der Waals surface area contributed by atoms with Crippen molar-refractivity contribution in [2.75, 3.05) is 9.80 Å². The van der Waals surface area contributed by atoms with Crippen LogP contribution in [-0.4, -0.2) is 0 Å². The fraction of sp³-hybridized carbons (Fsp3) is 0. The second-order valence-electron chi connectivity index (χ2n) is 15.3. The molecule has 0 aliphatic carbocycles. The molecule has 11 rings (SSSR count). The van der Waals surface area contributed by atoms with Crippen LogP contribution in [0.5, 0.6) is 0 Å². The molecule has 0 saturated heterocycles. The summed E-state index contributed by atoms with van der Waals surface area (Å²) in [5.41, 5.74) is 14.8. The Hall–Kier alpha value is -8.14. The highest BCUT2D eigenvalue weighted by atomic mass is 16.3. The van der Waals surface area contributed by atoms with Crippen LogP contribution in [0.15, 0.2) is 247 Å². The third kappa shape index (κ3) is 6.59. The van der Waals surface area contributed by atoms with Crippen LogP contribution in [0.3, 0.4) is 0 Å². The molecule has 0 radical (unpaired) electrons. The van der Waals surface area contributed by atoms with Gasteiger partial charge in [0.1, 0.15) is 5.58 Å². The van der Waals surface area contributed by atoms with Crippen molar-refractivity contribution in [3.8, 4) is 33.4 Å². The Morgan fingerprint density at radius 1 is 0.262 bits per heavy atom. The van der Waals surface area contributed by atoms with Gasteiger partial charge in [-0.05, 0) is 93.9 Å². The maximum Gasteiger partial charge on any atom is 0.161 e. The molecule has 0 N–H and O–H groups in total. The highest BCUT2D eigenvalue weighted by Crippen LogP contribution is 2.51. The van der Waals surface area contributed by atoms with Gasteiger partial charge < -0.3 is 14.2 Å². The summed E-state index contributed by atoms with van der Waals surface area (Å²) in [5.74, 6) is 0. The van der Waals surface area contributed by atoms with Crippen LogP contribution >= 0.6 is 0 Å². The molecule has 61 heavy (non-hydrogen) atoms. The molecule has 0 atom stereocenters. The average molecular weight is 781 g/mol. The number of furan rings is 1. The van der Waals surface area contributed by atoms with Crippen molar-refractivity contribution in [2.45, 2.75) is 0 Å². The fourth-order valence-corrected chi connectivity index (χ4v) is 8.75. The number of para-hydroxylation sites is 2. The molecule has 1 aromatic heterocycles. The van der Waals surface area contributed by atoms with Gasteiger partial charge in [-0.1, -0.05) is 182 Å². The lowest BCUT2D eigenvalue weighted by molar-refractivity contribution is 0.673. The van der Waals surface area contributed by atoms with Crippen LogP contribution in [0.2, 0.25) is 0 Å². The molecule has 0 amide bonds. The minimum atomic E-state index is 0.808. The molecule has 0 bridgehead atoms. The van der Waals surface area contributed by atoms with Crippen molar-refractivity contribution in [2.24, 2.45) is 0 Å². The number of nitrogens with zero attached hydrogens (tertiary/aromatic N) is 2. The zero-order valence-corrected chi connectivity index (χ0v) is 33.4. The zero-order chi connectivity index (χ0) is 40.5. The molecule has 0 aliphatic rings. The fourth-order valence-electron chi connectivity index (χ4n) is 8.75. The summed E-state index contributed by atoms with van der Waals surface area (Å²) in [6.07, 6.45) is 0. The minimum Gasteiger partial charge on any atom is -0.453 e. The Morgan fingerprint density at radius 3 is 1.38 bits per heavy atom. The lowest BCUT2D eigenvalue weighted by Crippen LogP contribution is -2.13. The lowest BCUT2D eigenvalue weighted by Gasteiger charge is -2.30. The first-order valence-corrected chi connectivity index (χ1v) is 20.8. The van der Waals surface area contributed by atoms with Crippen molar-refractivity contribution in [3.63, 3.8) is 0 Å². The molecule has 3 heteroatoms. The molecule has 0 unspecified atom stereocenters. The first-order chi connectivity index (χ1) is 30.3. The van der Waals surface area contributed by atoms with E-state index in [0.717, 1.165) is 83.5 Å².